The monoisotopic (exact) mass is 263 g/mol. The molecule has 19 heavy (non-hydrogen) atoms. The maximum atomic E-state index is 13.7. The van der Waals surface area contributed by atoms with Crippen LogP contribution in [0.15, 0.2) is 30.5 Å². The Morgan fingerprint density at radius 1 is 1.26 bits per heavy atom. The molecular weight excluding hydrogens is 248 g/mol. The molecule has 2 rings (SSSR count). The summed E-state index contributed by atoms with van der Waals surface area (Å²) in [6, 6.07) is 4.87. The molecule has 1 unspecified atom stereocenters. The van der Waals surface area contributed by atoms with Gasteiger partial charge in [0.15, 0.2) is 0 Å². The highest BCUT2D eigenvalue weighted by Crippen LogP contribution is 2.21. The van der Waals surface area contributed by atoms with E-state index >= 15 is 0 Å². The van der Waals surface area contributed by atoms with Crippen LogP contribution in [0.3, 0.4) is 0 Å². The van der Waals surface area contributed by atoms with Gasteiger partial charge in [0, 0.05) is 18.2 Å². The number of rotatable bonds is 4. The lowest BCUT2D eigenvalue weighted by atomic mass is 10.1. The van der Waals surface area contributed by atoms with Crippen LogP contribution in [0.4, 0.5) is 8.78 Å². The Bertz CT molecular complexity index is 572. The van der Waals surface area contributed by atoms with Crippen molar-refractivity contribution in [1.29, 1.82) is 0 Å². The van der Waals surface area contributed by atoms with Gasteiger partial charge in [0.25, 0.3) is 0 Å². The van der Waals surface area contributed by atoms with E-state index in [1.807, 2.05) is 6.92 Å². The first-order valence-electron chi connectivity index (χ1n) is 6.07. The first-order chi connectivity index (χ1) is 9.10. The van der Waals surface area contributed by atoms with E-state index in [-0.39, 0.29) is 11.5 Å². The second-order valence-corrected chi connectivity index (χ2v) is 4.53. The third-order valence-electron chi connectivity index (χ3n) is 2.84. The van der Waals surface area contributed by atoms with Gasteiger partial charge in [-0.05, 0) is 36.7 Å². The minimum absolute atomic E-state index is 0.143. The van der Waals surface area contributed by atoms with Crippen LogP contribution in [0.25, 0.3) is 11.3 Å². The second-order valence-electron chi connectivity index (χ2n) is 4.53. The molecule has 1 atom stereocenters. The van der Waals surface area contributed by atoms with Gasteiger partial charge in [0.1, 0.15) is 17.5 Å². The zero-order valence-electron chi connectivity index (χ0n) is 10.6. The fourth-order valence-corrected chi connectivity index (χ4v) is 1.74. The molecule has 0 aliphatic heterocycles. The number of benzene rings is 1. The molecule has 0 aliphatic rings. The number of hydrogen-bond acceptors (Lipinski definition) is 3. The fourth-order valence-electron chi connectivity index (χ4n) is 1.74. The quantitative estimate of drug-likeness (QED) is 0.922. The van der Waals surface area contributed by atoms with E-state index in [4.69, 9.17) is 5.73 Å². The number of nitrogens with two attached hydrogens (primary N) is 1. The van der Waals surface area contributed by atoms with Crippen LogP contribution >= 0.6 is 0 Å². The van der Waals surface area contributed by atoms with Crippen LogP contribution in [0, 0.1) is 17.6 Å². The molecule has 1 aromatic heterocycles. The molecule has 0 saturated heterocycles. The normalized spacial score (nSPS) is 12.4. The summed E-state index contributed by atoms with van der Waals surface area (Å²) in [6.07, 6.45) is 2.16. The van der Waals surface area contributed by atoms with E-state index < -0.39 is 11.6 Å². The van der Waals surface area contributed by atoms with Crippen LogP contribution in [0.2, 0.25) is 0 Å². The van der Waals surface area contributed by atoms with E-state index in [9.17, 15) is 8.78 Å². The lowest BCUT2D eigenvalue weighted by Crippen LogP contribution is -2.14. The Hall–Kier alpha value is -1.88. The second kappa shape index (κ2) is 5.84. The molecule has 1 aromatic carbocycles. The predicted molar refractivity (Wildman–Crippen MR) is 69.3 cm³/mol. The lowest BCUT2D eigenvalue weighted by Gasteiger charge is -2.08. The standard InChI is InChI=1S/C14H15F2N3/c1-9(8-17)6-14-18-5-4-13(19-14)11-7-10(15)2-3-12(11)16/h2-5,7,9H,6,8,17H2,1H3. The summed E-state index contributed by atoms with van der Waals surface area (Å²) in [7, 11) is 0. The van der Waals surface area contributed by atoms with Crippen molar-refractivity contribution < 1.29 is 8.78 Å². The maximum Gasteiger partial charge on any atom is 0.132 e. The summed E-state index contributed by atoms with van der Waals surface area (Å²) in [6.45, 7) is 2.51. The molecule has 0 aliphatic carbocycles. The minimum Gasteiger partial charge on any atom is -0.330 e. The van der Waals surface area contributed by atoms with Gasteiger partial charge in [-0.15, -0.1) is 0 Å². The number of hydrogen-bond donors (Lipinski definition) is 1. The van der Waals surface area contributed by atoms with Crippen molar-refractivity contribution in [3.63, 3.8) is 0 Å². The minimum atomic E-state index is -0.502. The van der Waals surface area contributed by atoms with Gasteiger partial charge in [-0.2, -0.15) is 0 Å². The molecule has 2 N–H and O–H groups in total. The zero-order valence-corrected chi connectivity index (χ0v) is 10.6. The molecule has 0 saturated carbocycles. The summed E-state index contributed by atoms with van der Waals surface area (Å²) in [5.41, 5.74) is 6.07. The molecule has 3 nitrogen and oxygen atoms in total. The van der Waals surface area contributed by atoms with Crippen molar-refractivity contribution in [3.8, 4) is 11.3 Å². The third kappa shape index (κ3) is 3.32. The number of halogens is 2. The van der Waals surface area contributed by atoms with E-state index in [2.05, 4.69) is 9.97 Å². The van der Waals surface area contributed by atoms with Gasteiger partial charge in [0.2, 0.25) is 0 Å². The summed E-state index contributed by atoms with van der Waals surface area (Å²) < 4.78 is 26.8. The van der Waals surface area contributed by atoms with Crippen molar-refractivity contribution >= 4 is 0 Å². The molecule has 100 valence electrons. The van der Waals surface area contributed by atoms with Crippen molar-refractivity contribution in [2.24, 2.45) is 11.7 Å². The highest BCUT2D eigenvalue weighted by molar-refractivity contribution is 5.59. The van der Waals surface area contributed by atoms with Gasteiger partial charge >= 0.3 is 0 Å². The van der Waals surface area contributed by atoms with Crippen molar-refractivity contribution in [3.05, 3.63) is 47.9 Å². The smallest absolute Gasteiger partial charge is 0.132 e. The molecular formula is C14H15F2N3. The molecule has 2 aromatic rings. The van der Waals surface area contributed by atoms with Crippen molar-refractivity contribution in [2.45, 2.75) is 13.3 Å². The Morgan fingerprint density at radius 2 is 2.05 bits per heavy atom. The molecule has 0 spiro atoms. The molecule has 0 bridgehead atoms. The zero-order chi connectivity index (χ0) is 13.8. The average molecular weight is 263 g/mol. The molecule has 1 heterocycles. The van der Waals surface area contributed by atoms with E-state index in [0.29, 0.717) is 24.5 Å². The van der Waals surface area contributed by atoms with E-state index in [1.165, 1.54) is 0 Å². The SMILES string of the molecule is CC(CN)Cc1nccc(-c2cc(F)ccc2F)n1. The van der Waals surface area contributed by atoms with Gasteiger partial charge in [-0.25, -0.2) is 18.7 Å². The number of aromatic nitrogens is 2. The Balaban J connectivity index is 2.35. The van der Waals surface area contributed by atoms with Gasteiger partial charge < -0.3 is 5.73 Å². The fraction of sp³-hybridized carbons (Fsp3) is 0.286. The molecule has 0 radical (unpaired) electrons. The molecule has 0 fully saturated rings. The van der Waals surface area contributed by atoms with E-state index in [0.717, 1.165) is 18.2 Å². The third-order valence-corrected chi connectivity index (χ3v) is 2.84. The summed E-state index contributed by atoms with van der Waals surface area (Å²) in [4.78, 5) is 8.38. The van der Waals surface area contributed by atoms with Crippen LogP contribution in [0.5, 0.6) is 0 Å². The Morgan fingerprint density at radius 3 is 2.79 bits per heavy atom. The summed E-state index contributed by atoms with van der Waals surface area (Å²) in [5.74, 6) is -0.170. The van der Waals surface area contributed by atoms with Crippen LogP contribution in [-0.4, -0.2) is 16.5 Å². The lowest BCUT2D eigenvalue weighted by molar-refractivity contribution is 0.573. The van der Waals surface area contributed by atoms with Gasteiger partial charge in [-0.3, -0.25) is 0 Å². The maximum absolute atomic E-state index is 13.7. The average Bonchev–Trinajstić information content (AvgIpc) is 2.41. The summed E-state index contributed by atoms with van der Waals surface area (Å²) >= 11 is 0. The van der Waals surface area contributed by atoms with Gasteiger partial charge in [-0.1, -0.05) is 6.92 Å². The highest BCUT2D eigenvalue weighted by Gasteiger charge is 2.10. The first kappa shape index (κ1) is 13.5. The van der Waals surface area contributed by atoms with Crippen molar-refractivity contribution in [1.82, 2.24) is 9.97 Å². The molecule has 0 amide bonds. The van der Waals surface area contributed by atoms with Crippen LogP contribution in [0.1, 0.15) is 12.7 Å². The van der Waals surface area contributed by atoms with Gasteiger partial charge in [0.05, 0.1) is 5.69 Å². The van der Waals surface area contributed by atoms with Crippen LogP contribution < -0.4 is 5.73 Å². The molecule has 5 heteroatoms. The van der Waals surface area contributed by atoms with Crippen LogP contribution in [-0.2, 0) is 6.42 Å². The number of nitrogens with zero attached hydrogens (tertiary/aromatic N) is 2. The van der Waals surface area contributed by atoms with Crippen molar-refractivity contribution in [2.75, 3.05) is 6.54 Å². The summed E-state index contributed by atoms with van der Waals surface area (Å²) in [5, 5.41) is 0. The largest absolute Gasteiger partial charge is 0.330 e. The van der Waals surface area contributed by atoms with E-state index in [1.54, 1.807) is 12.3 Å². The topological polar surface area (TPSA) is 51.8 Å². The highest BCUT2D eigenvalue weighted by atomic mass is 19.1. The Kier molecular flexibility index (Phi) is 4.16. The predicted octanol–water partition coefficient (Wildman–Crippen LogP) is 2.56. The Labute approximate surface area is 110 Å². The first-order valence-corrected chi connectivity index (χ1v) is 6.07.